The third kappa shape index (κ3) is 4.84. The molecule has 6 rings (SSSR count). The summed E-state index contributed by atoms with van der Waals surface area (Å²) < 4.78 is 5.87. The van der Waals surface area contributed by atoms with E-state index in [4.69, 9.17) is 4.74 Å². The number of ether oxygens (including phenoxy) is 1. The van der Waals surface area contributed by atoms with Gasteiger partial charge in [-0.15, -0.1) is 11.3 Å². The molecule has 4 aromatic rings. The highest BCUT2D eigenvalue weighted by molar-refractivity contribution is 7.21. The number of aromatic nitrogens is 2. The summed E-state index contributed by atoms with van der Waals surface area (Å²) in [6.45, 7) is 3.69. The highest BCUT2D eigenvalue weighted by Crippen LogP contribution is 2.47. The number of nitrogens with zero attached hydrogens (tertiary/aromatic N) is 3. The molecular formula is C29H28N6O4S. The first-order valence-corrected chi connectivity index (χ1v) is 14.0. The SMILES string of the molecule is CCC(=O)N[C@H]1CC[C@H](NC(=O)c2sc3nccc4c3c2N(c2cnc(Oc3ccccc3)cc2C)C(=O)N4)C1. The Morgan fingerprint density at radius 3 is 2.65 bits per heavy atom. The van der Waals surface area contributed by atoms with E-state index in [2.05, 4.69) is 25.9 Å². The molecule has 0 saturated heterocycles. The number of nitrogens with one attached hydrogen (secondary N) is 3. The van der Waals surface area contributed by atoms with Crippen molar-refractivity contribution in [2.45, 2.75) is 51.6 Å². The van der Waals surface area contributed by atoms with Crippen LogP contribution in [-0.2, 0) is 4.79 Å². The van der Waals surface area contributed by atoms with E-state index in [1.807, 2.05) is 44.2 Å². The maximum atomic E-state index is 13.7. The standard InChI is InChI=1S/C29H28N6O4S/c1-3-22(36)32-17-9-10-18(14-17)33-27(37)26-25-24-20(11-12-30-28(24)40-26)34-29(38)35(25)21-15-31-23(13-16(21)2)39-19-7-5-4-6-8-19/h4-8,11-13,15,17-18H,3,9-10,14H2,1-2H3,(H,32,36)(H,33,37)(H,34,38)/t17-,18-/m0/s1. The van der Waals surface area contributed by atoms with Gasteiger partial charge in [-0.25, -0.2) is 14.8 Å². The molecule has 40 heavy (non-hydrogen) atoms. The van der Waals surface area contributed by atoms with Crippen LogP contribution in [0.4, 0.5) is 21.9 Å². The first-order chi connectivity index (χ1) is 19.4. The fourth-order valence-corrected chi connectivity index (χ4v) is 6.29. The van der Waals surface area contributed by atoms with Gasteiger partial charge in [-0.2, -0.15) is 0 Å². The smallest absolute Gasteiger partial charge is 0.331 e. The molecule has 204 valence electrons. The molecule has 4 amide bonds. The van der Waals surface area contributed by atoms with E-state index in [-0.39, 0.29) is 23.9 Å². The molecule has 1 fully saturated rings. The number of carbonyl (C=O) groups is 3. The van der Waals surface area contributed by atoms with Gasteiger partial charge in [0.15, 0.2) is 0 Å². The van der Waals surface area contributed by atoms with Gasteiger partial charge in [0.05, 0.1) is 28.6 Å². The van der Waals surface area contributed by atoms with Gasteiger partial charge < -0.3 is 20.7 Å². The number of pyridine rings is 2. The number of amides is 4. The van der Waals surface area contributed by atoms with Gasteiger partial charge >= 0.3 is 6.03 Å². The Balaban J connectivity index is 1.32. The van der Waals surface area contributed by atoms with Gasteiger partial charge in [-0.1, -0.05) is 25.1 Å². The lowest BCUT2D eigenvalue weighted by Gasteiger charge is -2.29. The predicted molar refractivity (Wildman–Crippen MR) is 154 cm³/mol. The van der Waals surface area contributed by atoms with Gasteiger partial charge in [-0.05, 0) is 49.9 Å². The number of urea groups is 1. The zero-order valence-corrected chi connectivity index (χ0v) is 22.9. The summed E-state index contributed by atoms with van der Waals surface area (Å²) in [6.07, 6.45) is 5.86. The Kier molecular flexibility index (Phi) is 6.81. The second kappa shape index (κ2) is 10.6. The molecule has 0 bridgehead atoms. The van der Waals surface area contributed by atoms with Crippen molar-refractivity contribution in [3.8, 4) is 11.6 Å². The zero-order chi connectivity index (χ0) is 27.8. The number of anilines is 3. The first-order valence-electron chi connectivity index (χ1n) is 13.2. The lowest BCUT2D eigenvalue weighted by molar-refractivity contribution is -0.121. The average molecular weight is 557 g/mol. The molecule has 2 atom stereocenters. The second-order valence-electron chi connectivity index (χ2n) is 9.91. The molecule has 0 unspecified atom stereocenters. The molecule has 0 spiro atoms. The fraction of sp³-hybridized carbons (Fsp3) is 0.276. The Labute approximate surface area is 234 Å². The Hall–Kier alpha value is -4.51. The minimum Gasteiger partial charge on any atom is -0.439 e. The van der Waals surface area contributed by atoms with E-state index >= 15 is 0 Å². The van der Waals surface area contributed by atoms with E-state index in [0.29, 0.717) is 56.6 Å². The highest BCUT2D eigenvalue weighted by Gasteiger charge is 2.36. The molecule has 1 saturated carbocycles. The summed E-state index contributed by atoms with van der Waals surface area (Å²) in [5, 5.41) is 9.79. The van der Waals surface area contributed by atoms with Crippen molar-refractivity contribution in [2.75, 3.05) is 10.2 Å². The van der Waals surface area contributed by atoms with Crippen molar-refractivity contribution in [2.24, 2.45) is 0 Å². The third-order valence-corrected chi connectivity index (χ3v) is 8.25. The summed E-state index contributed by atoms with van der Waals surface area (Å²) in [7, 11) is 0. The molecule has 1 aliphatic heterocycles. The van der Waals surface area contributed by atoms with Crippen LogP contribution in [0, 0.1) is 6.92 Å². The van der Waals surface area contributed by atoms with Crippen LogP contribution < -0.4 is 25.6 Å². The van der Waals surface area contributed by atoms with Crippen LogP contribution in [0.15, 0.2) is 54.9 Å². The largest absolute Gasteiger partial charge is 0.439 e. The topological polar surface area (TPSA) is 126 Å². The van der Waals surface area contributed by atoms with Gasteiger partial charge in [0.2, 0.25) is 11.8 Å². The minimum atomic E-state index is -0.391. The Morgan fingerprint density at radius 1 is 1.12 bits per heavy atom. The molecule has 1 aromatic carbocycles. The molecular weight excluding hydrogens is 528 g/mol. The van der Waals surface area contributed by atoms with Crippen LogP contribution in [0.25, 0.3) is 10.2 Å². The van der Waals surface area contributed by atoms with E-state index in [0.717, 1.165) is 18.4 Å². The van der Waals surface area contributed by atoms with Crippen molar-refractivity contribution < 1.29 is 19.1 Å². The van der Waals surface area contributed by atoms with Crippen LogP contribution in [0.2, 0.25) is 0 Å². The van der Waals surface area contributed by atoms with E-state index in [1.54, 1.807) is 24.5 Å². The second-order valence-corrected chi connectivity index (χ2v) is 10.9. The highest BCUT2D eigenvalue weighted by atomic mass is 32.1. The van der Waals surface area contributed by atoms with Crippen molar-refractivity contribution in [3.05, 3.63) is 65.3 Å². The van der Waals surface area contributed by atoms with Crippen molar-refractivity contribution in [3.63, 3.8) is 0 Å². The number of hydrogen-bond acceptors (Lipinski definition) is 7. The van der Waals surface area contributed by atoms with Gasteiger partial charge in [0, 0.05) is 30.8 Å². The number of benzene rings is 1. The summed E-state index contributed by atoms with van der Waals surface area (Å²) in [4.78, 5) is 50.5. The number of hydrogen-bond donors (Lipinski definition) is 3. The van der Waals surface area contributed by atoms with Crippen LogP contribution in [0.5, 0.6) is 11.6 Å². The van der Waals surface area contributed by atoms with Gasteiger partial charge in [0.1, 0.15) is 15.5 Å². The number of aryl methyl sites for hydroxylation is 1. The maximum Gasteiger partial charge on any atom is 0.331 e. The number of para-hydroxylation sites is 1. The van der Waals surface area contributed by atoms with Crippen LogP contribution in [0.3, 0.4) is 0 Å². The Morgan fingerprint density at radius 2 is 1.90 bits per heavy atom. The summed E-state index contributed by atoms with van der Waals surface area (Å²) in [5.41, 5.74) is 2.37. The number of carbonyl (C=O) groups excluding carboxylic acids is 3. The first kappa shape index (κ1) is 25.8. The molecule has 2 aliphatic rings. The van der Waals surface area contributed by atoms with E-state index < -0.39 is 6.03 Å². The summed E-state index contributed by atoms with van der Waals surface area (Å²) in [5.74, 6) is 0.784. The molecule has 3 N–H and O–H groups in total. The maximum absolute atomic E-state index is 13.7. The lowest BCUT2D eigenvalue weighted by atomic mass is 10.1. The monoisotopic (exact) mass is 556 g/mol. The van der Waals surface area contributed by atoms with Crippen molar-refractivity contribution >= 4 is 56.5 Å². The van der Waals surface area contributed by atoms with Crippen LogP contribution in [0.1, 0.15) is 47.8 Å². The lowest BCUT2D eigenvalue weighted by Crippen LogP contribution is -2.38. The zero-order valence-electron chi connectivity index (χ0n) is 22.1. The van der Waals surface area contributed by atoms with Crippen molar-refractivity contribution in [1.29, 1.82) is 0 Å². The van der Waals surface area contributed by atoms with E-state index in [1.165, 1.54) is 16.2 Å². The van der Waals surface area contributed by atoms with Crippen LogP contribution >= 0.6 is 11.3 Å². The van der Waals surface area contributed by atoms with Crippen molar-refractivity contribution in [1.82, 2.24) is 20.6 Å². The average Bonchev–Trinajstić information content (AvgIpc) is 3.55. The molecule has 3 aromatic heterocycles. The molecule has 0 radical (unpaired) electrons. The number of thiophene rings is 1. The summed E-state index contributed by atoms with van der Waals surface area (Å²) >= 11 is 1.25. The molecule has 11 heteroatoms. The third-order valence-electron chi connectivity index (χ3n) is 7.16. The van der Waals surface area contributed by atoms with E-state index in [9.17, 15) is 14.4 Å². The quantitative estimate of drug-likeness (QED) is 0.270. The van der Waals surface area contributed by atoms with Gasteiger partial charge in [0.25, 0.3) is 5.91 Å². The van der Waals surface area contributed by atoms with Gasteiger partial charge in [-0.3, -0.25) is 14.5 Å². The number of rotatable bonds is 7. The summed E-state index contributed by atoms with van der Waals surface area (Å²) in [6, 6.07) is 12.4. The predicted octanol–water partition coefficient (Wildman–Crippen LogP) is 5.65. The Bertz CT molecular complexity index is 1620. The molecule has 10 nitrogen and oxygen atoms in total. The molecule has 4 heterocycles. The van der Waals surface area contributed by atoms with Crippen LogP contribution in [-0.4, -0.2) is 39.9 Å². The fourth-order valence-electron chi connectivity index (χ4n) is 5.23. The normalized spacial score (nSPS) is 17.9. The molecule has 1 aliphatic carbocycles. The minimum absolute atomic E-state index is 0.00957.